The van der Waals surface area contributed by atoms with E-state index in [2.05, 4.69) is 14.8 Å². The zero-order valence-corrected chi connectivity index (χ0v) is 10.0. The summed E-state index contributed by atoms with van der Waals surface area (Å²) in [5, 5.41) is 6.42. The quantitative estimate of drug-likeness (QED) is 0.870. The van der Waals surface area contributed by atoms with Crippen molar-refractivity contribution in [1.82, 2.24) is 9.53 Å². The molecule has 2 heterocycles. The Morgan fingerprint density at radius 1 is 1.44 bits per heavy atom. The van der Waals surface area contributed by atoms with Crippen molar-refractivity contribution in [1.29, 1.82) is 0 Å². The number of carbonyl (C=O) groups excluding carboxylic acids is 1. The summed E-state index contributed by atoms with van der Waals surface area (Å²) in [5.74, 6) is 0.888. The highest BCUT2D eigenvalue weighted by molar-refractivity contribution is 7.05. The molecule has 2 rings (SSSR count). The third kappa shape index (κ3) is 1.96. The van der Waals surface area contributed by atoms with Gasteiger partial charge in [0.15, 0.2) is 5.82 Å². The number of anilines is 1. The van der Waals surface area contributed by atoms with Crippen molar-refractivity contribution in [2.45, 2.75) is 20.8 Å². The van der Waals surface area contributed by atoms with E-state index in [0.29, 0.717) is 17.3 Å². The molecular formula is C10H11N3O2S. The second-order valence-electron chi connectivity index (χ2n) is 3.49. The van der Waals surface area contributed by atoms with Crippen LogP contribution in [0, 0.1) is 20.8 Å². The van der Waals surface area contributed by atoms with Crippen LogP contribution in [-0.4, -0.2) is 15.4 Å². The van der Waals surface area contributed by atoms with Crippen molar-refractivity contribution >= 4 is 23.3 Å². The van der Waals surface area contributed by atoms with Crippen LogP contribution in [0.25, 0.3) is 0 Å². The van der Waals surface area contributed by atoms with E-state index in [4.69, 9.17) is 4.52 Å². The van der Waals surface area contributed by atoms with Gasteiger partial charge in [0, 0.05) is 10.4 Å². The summed E-state index contributed by atoms with van der Waals surface area (Å²) in [7, 11) is 0. The lowest BCUT2D eigenvalue weighted by Gasteiger charge is -1.98. The van der Waals surface area contributed by atoms with Gasteiger partial charge in [-0.15, -0.1) is 0 Å². The van der Waals surface area contributed by atoms with Gasteiger partial charge >= 0.3 is 0 Å². The minimum Gasteiger partial charge on any atom is -0.359 e. The highest BCUT2D eigenvalue weighted by Crippen LogP contribution is 2.17. The van der Waals surface area contributed by atoms with Crippen molar-refractivity contribution < 1.29 is 9.32 Å². The van der Waals surface area contributed by atoms with Crippen molar-refractivity contribution in [3.63, 3.8) is 0 Å². The Labute approximate surface area is 96.6 Å². The molecule has 0 atom stereocenters. The van der Waals surface area contributed by atoms with Crippen LogP contribution in [0.5, 0.6) is 0 Å². The maximum atomic E-state index is 11.7. The van der Waals surface area contributed by atoms with Gasteiger partial charge in [0.1, 0.15) is 11.5 Å². The molecule has 1 amide bonds. The van der Waals surface area contributed by atoms with Gasteiger partial charge in [-0.05, 0) is 38.4 Å². The first-order valence-electron chi connectivity index (χ1n) is 4.75. The normalized spacial score (nSPS) is 10.4. The van der Waals surface area contributed by atoms with Gasteiger partial charge in [-0.2, -0.15) is 4.37 Å². The second kappa shape index (κ2) is 4.05. The summed E-state index contributed by atoms with van der Waals surface area (Å²) < 4.78 is 8.97. The molecule has 0 bridgehead atoms. The van der Waals surface area contributed by atoms with E-state index in [1.807, 2.05) is 13.8 Å². The summed E-state index contributed by atoms with van der Waals surface area (Å²) in [6, 6.07) is 1.74. The van der Waals surface area contributed by atoms with E-state index < -0.39 is 0 Å². The van der Waals surface area contributed by atoms with Gasteiger partial charge in [0.05, 0.1) is 0 Å². The number of hydrogen-bond donors (Lipinski definition) is 1. The Hall–Kier alpha value is -1.69. The van der Waals surface area contributed by atoms with Crippen molar-refractivity contribution in [2.75, 3.05) is 5.32 Å². The fraction of sp³-hybridized carbons (Fsp3) is 0.300. The first-order valence-corrected chi connectivity index (χ1v) is 5.53. The van der Waals surface area contributed by atoms with E-state index in [9.17, 15) is 4.79 Å². The fourth-order valence-corrected chi connectivity index (χ4v) is 1.72. The van der Waals surface area contributed by atoms with Crippen molar-refractivity contribution in [3.8, 4) is 0 Å². The van der Waals surface area contributed by atoms with Crippen LogP contribution in [0.15, 0.2) is 10.6 Å². The summed E-state index contributed by atoms with van der Waals surface area (Å²) in [4.78, 5) is 12.7. The molecule has 0 spiro atoms. The SMILES string of the molecule is Cc1cc(C(=O)Nc2noc(C)c2C)ns1. The van der Waals surface area contributed by atoms with Gasteiger partial charge in [-0.3, -0.25) is 4.79 Å². The average Bonchev–Trinajstić information content (AvgIpc) is 2.79. The number of aromatic nitrogens is 2. The molecule has 1 N–H and O–H groups in total. The Kier molecular flexibility index (Phi) is 2.74. The molecule has 0 aromatic carbocycles. The molecule has 0 unspecified atom stereocenters. The first-order chi connectivity index (χ1) is 7.58. The minimum atomic E-state index is -0.263. The molecule has 84 valence electrons. The molecule has 0 aliphatic heterocycles. The molecule has 2 aromatic heterocycles. The largest absolute Gasteiger partial charge is 0.359 e. The third-order valence-electron chi connectivity index (χ3n) is 2.25. The molecule has 6 heteroatoms. The zero-order chi connectivity index (χ0) is 11.7. The third-order valence-corrected chi connectivity index (χ3v) is 2.94. The molecule has 0 saturated carbocycles. The predicted octanol–water partition coefficient (Wildman–Crippen LogP) is 2.31. The fourth-order valence-electron chi connectivity index (χ4n) is 1.18. The molecular weight excluding hydrogens is 226 g/mol. The Bertz CT molecular complexity index is 530. The molecule has 0 radical (unpaired) electrons. The van der Waals surface area contributed by atoms with Gasteiger partial charge in [-0.25, -0.2) is 0 Å². The minimum absolute atomic E-state index is 0.263. The number of carbonyl (C=O) groups is 1. The lowest BCUT2D eigenvalue weighted by molar-refractivity contribution is 0.102. The van der Waals surface area contributed by atoms with E-state index in [-0.39, 0.29) is 5.91 Å². The second-order valence-corrected chi connectivity index (χ2v) is 4.50. The maximum absolute atomic E-state index is 11.7. The lowest BCUT2D eigenvalue weighted by Crippen LogP contribution is -2.13. The van der Waals surface area contributed by atoms with Gasteiger partial charge in [0.25, 0.3) is 5.91 Å². The number of nitrogens with zero attached hydrogens (tertiary/aromatic N) is 2. The number of nitrogens with one attached hydrogen (secondary N) is 1. The van der Waals surface area contributed by atoms with Gasteiger partial charge < -0.3 is 9.84 Å². The van der Waals surface area contributed by atoms with Crippen LogP contribution < -0.4 is 5.32 Å². The monoisotopic (exact) mass is 237 g/mol. The van der Waals surface area contributed by atoms with Crippen LogP contribution in [0.2, 0.25) is 0 Å². The summed E-state index contributed by atoms with van der Waals surface area (Å²) >= 11 is 1.30. The van der Waals surface area contributed by atoms with Crippen LogP contribution in [0.1, 0.15) is 26.7 Å². The molecule has 16 heavy (non-hydrogen) atoms. The van der Waals surface area contributed by atoms with Gasteiger partial charge in [0.2, 0.25) is 0 Å². The van der Waals surface area contributed by atoms with E-state index in [1.54, 1.807) is 13.0 Å². The number of hydrogen-bond acceptors (Lipinski definition) is 5. The Morgan fingerprint density at radius 2 is 2.19 bits per heavy atom. The van der Waals surface area contributed by atoms with Crippen molar-refractivity contribution in [2.24, 2.45) is 0 Å². The van der Waals surface area contributed by atoms with Gasteiger partial charge in [-0.1, -0.05) is 5.16 Å². The number of amides is 1. The van der Waals surface area contributed by atoms with Crippen LogP contribution in [0.3, 0.4) is 0 Å². The average molecular weight is 237 g/mol. The first kappa shape index (κ1) is 10.8. The molecule has 0 aliphatic carbocycles. The Morgan fingerprint density at radius 3 is 2.69 bits per heavy atom. The number of aryl methyl sites for hydroxylation is 2. The highest BCUT2D eigenvalue weighted by atomic mass is 32.1. The zero-order valence-electron chi connectivity index (χ0n) is 9.20. The topological polar surface area (TPSA) is 68.0 Å². The maximum Gasteiger partial charge on any atom is 0.276 e. The van der Waals surface area contributed by atoms with Crippen LogP contribution in [0.4, 0.5) is 5.82 Å². The smallest absolute Gasteiger partial charge is 0.276 e. The summed E-state index contributed by atoms with van der Waals surface area (Å²) in [5.41, 5.74) is 1.24. The number of rotatable bonds is 2. The van der Waals surface area contributed by atoms with Crippen LogP contribution in [-0.2, 0) is 0 Å². The standard InChI is InChI=1S/C10H11N3O2S/c1-5-4-8(13-16-5)10(14)11-9-6(2)7(3)15-12-9/h4H,1-3H3,(H,11,12,14). The molecule has 2 aromatic rings. The summed E-state index contributed by atoms with van der Waals surface area (Å²) in [6.07, 6.45) is 0. The predicted molar refractivity (Wildman–Crippen MR) is 60.8 cm³/mol. The summed E-state index contributed by atoms with van der Waals surface area (Å²) in [6.45, 7) is 5.54. The van der Waals surface area contributed by atoms with E-state index in [0.717, 1.165) is 10.4 Å². The molecule has 0 saturated heterocycles. The van der Waals surface area contributed by atoms with Crippen LogP contribution >= 0.6 is 11.5 Å². The van der Waals surface area contributed by atoms with Crippen molar-refractivity contribution in [3.05, 3.63) is 28.0 Å². The lowest BCUT2D eigenvalue weighted by atomic mass is 10.3. The Balaban J connectivity index is 2.17. The molecule has 5 nitrogen and oxygen atoms in total. The van der Waals surface area contributed by atoms with E-state index in [1.165, 1.54) is 11.5 Å². The molecule has 0 fully saturated rings. The van der Waals surface area contributed by atoms with E-state index >= 15 is 0 Å². The molecule has 0 aliphatic rings. The highest BCUT2D eigenvalue weighted by Gasteiger charge is 2.14.